The zero-order chi connectivity index (χ0) is 16.7. The Labute approximate surface area is 149 Å². The highest BCUT2D eigenvalue weighted by Crippen LogP contribution is 2.57. The Balaban J connectivity index is 1.44. The number of hydrogen-bond acceptors (Lipinski definition) is 4. The van der Waals surface area contributed by atoms with Gasteiger partial charge < -0.3 is 5.32 Å². The molecule has 1 aromatic rings. The Hall–Kier alpha value is -0.940. The van der Waals surface area contributed by atoms with Crippen LogP contribution in [0, 0.1) is 11.3 Å². The Kier molecular flexibility index (Phi) is 4.42. The minimum Gasteiger partial charge on any atom is -0.301 e. The molecule has 132 valence electrons. The van der Waals surface area contributed by atoms with Gasteiger partial charge in [-0.15, -0.1) is 11.3 Å². The van der Waals surface area contributed by atoms with E-state index in [4.69, 9.17) is 4.98 Å². The third kappa shape index (κ3) is 3.01. The molecule has 0 saturated heterocycles. The Morgan fingerprint density at radius 1 is 1.29 bits per heavy atom. The van der Waals surface area contributed by atoms with Gasteiger partial charge in [-0.05, 0) is 45.4 Å². The number of hydrogen-bond donors (Lipinski definition) is 1. The summed E-state index contributed by atoms with van der Waals surface area (Å²) in [5, 5.41) is 4.02. The van der Waals surface area contributed by atoms with Gasteiger partial charge in [0.1, 0.15) is 0 Å². The van der Waals surface area contributed by atoms with Gasteiger partial charge in [0.2, 0.25) is 5.91 Å². The molecule has 0 bridgehead atoms. The van der Waals surface area contributed by atoms with Crippen LogP contribution in [0.5, 0.6) is 0 Å². The number of aromatic nitrogens is 1. The summed E-state index contributed by atoms with van der Waals surface area (Å²) in [6.45, 7) is 6.55. The van der Waals surface area contributed by atoms with E-state index < -0.39 is 0 Å². The van der Waals surface area contributed by atoms with E-state index in [9.17, 15) is 4.79 Å². The standard InChI is InChI=1S/C19H29N3OS/c1-13(2)22-11-8-15-16(12-22)24-18(20-15)21-17(23)19(9-10-19)14-6-4-3-5-7-14/h13-14H,3-12H2,1-2H3,(H,20,21,23). The number of thiazole rings is 1. The molecular formula is C19H29N3OS. The van der Waals surface area contributed by atoms with Crippen LogP contribution in [0.25, 0.3) is 0 Å². The van der Waals surface area contributed by atoms with Crippen molar-refractivity contribution in [2.75, 3.05) is 11.9 Å². The highest BCUT2D eigenvalue weighted by atomic mass is 32.1. The molecule has 2 fully saturated rings. The first-order valence-corrected chi connectivity index (χ1v) is 10.4. The first kappa shape index (κ1) is 16.5. The van der Waals surface area contributed by atoms with Crippen molar-refractivity contribution in [1.29, 1.82) is 0 Å². The number of fused-ring (bicyclic) bond motifs is 1. The zero-order valence-corrected chi connectivity index (χ0v) is 15.8. The van der Waals surface area contributed by atoms with Crippen molar-refractivity contribution in [3.05, 3.63) is 10.6 Å². The van der Waals surface area contributed by atoms with Gasteiger partial charge in [-0.3, -0.25) is 9.69 Å². The fourth-order valence-corrected chi connectivity index (χ4v) is 5.57. The average Bonchev–Trinajstić information content (AvgIpc) is 3.30. The maximum Gasteiger partial charge on any atom is 0.232 e. The summed E-state index contributed by atoms with van der Waals surface area (Å²) in [7, 11) is 0. The summed E-state index contributed by atoms with van der Waals surface area (Å²) in [6, 6.07) is 0.569. The topological polar surface area (TPSA) is 45.2 Å². The molecule has 4 nitrogen and oxygen atoms in total. The summed E-state index contributed by atoms with van der Waals surface area (Å²) in [4.78, 5) is 21.5. The molecule has 24 heavy (non-hydrogen) atoms. The van der Waals surface area contributed by atoms with Gasteiger partial charge in [0.25, 0.3) is 0 Å². The molecule has 1 aromatic heterocycles. The highest BCUT2D eigenvalue weighted by molar-refractivity contribution is 7.15. The molecule has 0 radical (unpaired) electrons. The molecule has 1 amide bonds. The predicted molar refractivity (Wildman–Crippen MR) is 98.2 cm³/mol. The van der Waals surface area contributed by atoms with Crippen molar-refractivity contribution in [2.24, 2.45) is 11.3 Å². The van der Waals surface area contributed by atoms with Crippen LogP contribution >= 0.6 is 11.3 Å². The van der Waals surface area contributed by atoms with Gasteiger partial charge >= 0.3 is 0 Å². The molecule has 3 aliphatic rings. The van der Waals surface area contributed by atoms with Crippen molar-refractivity contribution < 1.29 is 4.79 Å². The Bertz CT molecular complexity index is 614. The molecule has 5 heteroatoms. The van der Waals surface area contributed by atoms with Gasteiger partial charge in [-0.1, -0.05) is 19.3 Å². The molecular weight excluding hydrogens is 318 g/mol. The molecule has 0 atom stereocenters. The number of carbonyl (C=O) groups is 1. The summed E-state index contributed by atoms with van der Waals surface area (Å²) in [5.41, 5.74) is 1.14. The second-order valence-corrected chi connectivity index (χ2v) is 9.23. The van der Waals surface area contributed by atoms with Crippen LogP contribution in [0.2, 0.25) is 0 Å². The van der Waals surface area contributed by atoms with Crippen molar-refractivity contribution in [1.82, 2.24) is 9.88 Å². The molecule has 2 heterocycles. The van der Waals surface area contributed by atoms with E-state index in [0.717, 1.165) is 37.5 Å². The third-order valence-electron chi connectivity index (χ3n) is 6.34. The first-order valence-electron chi connectivity index (χ1n) is 9.62. The second kappa shape index (κ2) is 6.41. The first-order chi connectivity index (χ1) is 11.6. The highest BCUT2D eigenvalue weighted by Gasteiger charge is 2.55. The lowest BCUT2D eigenvalue weighted by atomic mass is 9.77. The van der Waals surface area contributed by atoms with Crippen molar-refractivity contribution in [2.45, 2.75) is 77.8 Å². The lowest BCUT2D eigenvalue weighted by Crippen LogP contribution is -2.35. The minimum absolute atomic E-state index is 0.0590. The number of carbonyl (C=O) groups excluding carboxylic acids is 1. The van der Waals surface area contributed by atoms with Gasteiger partial charge in [-0.2, -0.15) is 0 Å². The molecule has 1 aliphatic heterocycles. The van der Waals surface area contributed by atoms with Crippen molar-refractivity contribution in [3.8, 4) is 0 Å². The zero-order valence-electron chi connectivity index (χ0n) is 14.9. The molecule has 2 saturated carbocycles. The fourth-order valence-electron chi connectivity index (χ4n) is 4.54. The van der Waals surface area contributed by atoms with Crippen molar-refractivity contribution >= 4 is 22.4 Å². The quantitative estimate of drug-likeness (QED) is 0.887. The number of nitrogens with zero attached hydrogens (tertiary/aromatic N) is 2. The van der Waals surface area contributed by atoms with Crippen LogP contribution in [0.3, 0.4) is 0 Å². The number of nitrogens with one attached hydrogen (secondary N) is 1. The largest absolute Gasteiger partial charge is 0.301 e. The molecule has 0 aromatic carbocycles. The van der Waals surface area contributed by atoms with E-state index in [1.165, 1.54) is 42.7 Å². The minimum atomic E-state index is -0.0590. The maximum atomic E-state index is 12.9. The van der Waals surface area contributed by atoms with E-state index in [1.54, 1.807) is 11.3 Å². The molecule has 2 aliphatic carbocycles. The normalized spacial score (nSPS) is 24.0. The molecule has 0 spiro atoms. The van der Waals surface area contributed by atoms with Crippen molar-refractivity contribution in [3.63, 3.8) is 0 Å². The van der Waals surface area contributed by atoms with Crippen LogP contribution in [0.4, 0.5) is 5.13 Å². The van der Waals surface area contributed by atoms with E-state index in [2.05, 4.69) is 24.1 Å². The van der Waals surface area contributed by atoms with E-state index in [-0.39, 0.29) is 11.3 Å². The summed E-state index contributed by atoms with van der Waals surface area (Å²) < 4.78 is 0. The van der Waals surface area contributed by atoms with Crippen LogP contribution in [0.1, 0.15) is 69.4 Å². The molecule has 1 N–H and O–H groups in total. The SMILES string of the molecule is CC(C)N1CCc2nc(NC(=O)C3(C4CCCCC4)CC3)sc2C1. The van der Waals surface area contributed by atoms with Crippen LogP contribution < -0.4 is 5.32 Å². The number of rotatable bonds is 4. The summed E-state index contributed by atoms with van der Waals surface area (Å²) in [6.07, 6.45) is 9.60. The van der Waals surface area contributed by atoms with Gasteiger partial charge in [0.05, 0.1) is 11.1 Å². The van der Waals surface area contributed by atoms with Crippen LogP contribution in [-0.2, 0) is 17.8 Å². The van der Waals surface area contributed by atoms with E-state index in [0.29, 0.717) is 12.0 Å². The monoisotopic (exact) mass is 347 g/mol. The van der Waals surface area contributed by atoms with E-state index in [1.807, 2.05) is 0 Å². The third-order valence-corrected chi connectivity index (χ3v) is 7.34. The Morgan fingerprint density at radius 3 is 2.71 bits per heavy atom. The predicted octanol–water partition coefficient (Wildman–Crippen LogP) is 4.21. The van der Waals surface area contributed by atoms with Crippen LogP contribution in [0.15, 0.2) is 0 Å². The Morgan fingerprint density at radius 2 is 2.04 bits per heavy atom. The van der Waals surface area contributed by atoms with Crippen LogP contribution in [-0.4, -0.2) is 28.4 Å². The lowest BCUT2D eigenvalue weighted by Gasteiger charge is -2.29. The molecule has 0 unspecified atom stereocenters. The van der Waals surface area contributed by atoms with Gasteiger partial charge in [0.15, 0.2) is 5.13 Å². The van der Waals surface area contributed by atoms with Gasteiger partial charge in [0, 0.05) is 30.4 Å². The molecule has 4 rings (SSSR count). The lowest BCUT2D eigenvalue weighted by molar-refractivity contribution is -0.123. The number of amides is 1. The summed E-state index contributed by atoms with van der Waals surface area (Å²) in [5.74, 6) is 0.860. The van der Waals surface area contributed by atoms with Gasteiger partial charge in [-0.25, -0.2) is 4.98 Å². The average molecular weight is 348 g/mol. The number of anilines is 1. The summed E-state index contributed by atoms with van der Waals surface area (Å²) >= 11 is 1.69. The second-order valence-electron chi connectivity index (χ2n) is 8.15. The maximum absolute atomic E-state index is 12.9. The smallest absolute Gasteiger partial charge is 0.232 e. The fraction of sp³-hybridized carbons (Fsp3) is 0.789. The van der Waals surface area contributed by atoms with E-state index >= 15 is 0 Å².